The third kappa shape index (κ3) is 3.92. The largest absolute Gasteiger partial charge is 0.486 e. The fourth-order valence-corrected chi connectivity index (χ4v) is 2.56. The van der Waals surface area contributed by atoms with Crippen LogP contribution >= 0.6 is 0 Å². The van der Waals surface area contributed by atoms with Gasteiger partial charge in [-0.2, -0.15) is 0 Å². The number of hydrogen-bond acceptors (Lipinski definition) is 4. The van der Waals surface area contributed by atoms with Gasteiger partial charge in [0.15, 0.2) is 11.5 Å². The molecule has 22 heavy (non-hydrogen) atoms. The monoisotopic (exact) mass is 298 g/mol. The van der Waals surface area contributed by atoms with Gasteiger partial charge in [-0.25, -0.2) is 0 Å². The first-order valence-corrected chi connectivity index (χ1v) is 7.75. The van der Waals surface area contributed by atoms with E-state index in [1.54, 1.807) is 0 Å². The maximum Gasteiger partial charge on any atom is 0.163 e. The second-order valence-electron chi connectivity index (χ2n) is 5.55. The Balaban J connectivity index is 1.69. The van der Waals surface area contributed by atoms with E-state index in [1.807, 2.05) is 48.5 Å². The van der Waals surface area contributed by atoms with Crippen LogP contribution in [-0.2, 0) is 6.61 Å². The molecular weight excluding hydrogens is 276 g/mol. The second kappa shape index (κ2) is 7.18. The summed E-state index contributed by atoms with van der Waals surface area (Å²) < 4.78 is 12.0. The topological polar surface area (TPSA) is 56.5 Å². The Hall–Kier alpha value is -2.20. The van der Waals surface area contributed by atoms with Gasteiger partial charge < -0.3 is 20.5 Å². The highest BCUT2D eigenvalue weighted by atomic mass is 16.5. The van der Waals surface area contributed by atoms with Gasteiger partial charge in [0.2, 0.25) is 0 Å². The lowest BCUT2D eigenvalue weighted by atomic mass is 10.1. The molecule has 1 aliphatic rings. The lowest BCUT2D eigenvalue weighted by Crippen LogP contribution is -2.34. The summed E-state index contributed by atoms with van der Waals surface area (Å²) >= 11 is 0. The highest BCUT2D eigenvalue weighted by Crippen LogP contribution is 2.32. The zero-order valence-electron chi connectivity index (χ0n) is 12.6. The predicted octanol–water partition coefficient (Wildman–Crippen LogP) is 2.98. The SMILES string of the molecule is Nc1ccc(OC2CCNCC2)c(OCc2ccccc2)c1. The maximum absolute atomic E-state index is 6.11. The third-order valence-electron chi connectivity index (χ3n) is 3.78. The molecule has 1 heterocycles. The van der Waals surface area contributed by atoms with Gasteiger partial charge in [-0.3, -0.25) is 0 Å². The van der Waals surface area contributed by atoms with Gasteiger partial charge in [-0.1, -0.05) is 30.3 Å². The van der Waals surface area contributed by atoms with Gasteiger partial charge in [0.1, 0.15) is 12.7 Å². The minimum absolute atomic E-state index is 0.240. The minimum Gasteiger partial charge on any atom is -0.486 e. The second-order valence-corrected chi connectivity index (χ2v) is 5.55. The maximum atomic E-state index is 6.11. The van der Waals surface area contributed by atoms with Crippen molar-refractivity contribution in [1.29, 1.82) is 0 Å². The van der Waals surface area contributed by atoms with E-state index in [1.165, 1.54) is 0 Å². The number of hydrogen-bond donors (Lipinski definition) is 2. The van der Waals surface area contributed by atoms with Crippen LogP contribution < -0.4 is 20.5 Å². The molecule has 0 aromatic heterocycles. The molecule has 0 amide bonds. The van der Waals surface area contributed by atoms with Crippen LogP contribution in [0.15, 0.2) is 48.5 Å². The minimum atomic E-state index is 0.240. The van der Waals surface area contributed by atoms with Crippen molar-refractivity contribution in [2.24, 2.45) is 0 Å². The van der Waals surface area contributed by atoms with Gasteiger partial charge in [0.05, 0.1) is 0 Å². The molecule has 3 rings (SSSR count). The third-order valence-corrected chi connectivity index (χ3v) is 3.78. The molecule has 0 unspecified atom stereocenters. The first-order valence-electron chi connectivity index (χ1n) is 7.75. The van der Waals surface area contributed by atoms with Crippen LogP contribution in [0.25, 0.3) is 0 Å². The summed E-state index contributed by atoms with van der Waals surface area (Å²) in [7, 11) is 0. The summed E-state index contributed by atoms with van der Waals surface area (Å²) in [6.45, 7) is 2.51. The Labute approximate surface area is 131 Å². The van der Waals surface area contributed by atoms with Gasteiger partial charge >= 0.3 is 0 Å². The lowest BCUT2D eigenvalue weighted by Gasteiger charge is -2.25. The normalized spacial score (nSPS) is 15.5. The number of nitrogens with one attached hydrogen (secondary N) is 1. The first-order chi connectivity index (χ1) is 10.8. The van der Waals surface area contributed by atoms with Crippen LogP contribution in [0.4, 0.5) is 5.69 Å². The molecule has 0 atom stereocenters. The fourth-order valence-electron chi connectivity index (χ4n) is 2.56. The molecule has 2 aromatic carbocycles. The first kappa shape index (κ1) is 14.7. The molecule has 0 spiro atoms. The predicted molar refractivity (Wildman–Crippen MR) is 88.1 cm³/mol. The summed E-state index contributed by atoms with van der Waals surface area (Å²) in [5.74, 6) is 1.49. The number of nitrogens with two attached hydrogens (primary N) is 1. The molecule has 1 fully saturated rings. The smallest absolute Gasteiger partial charge is 0.163 e. The summed E-state index contributed by atoms with van der Waals surface area (Å²) in [6.07, 6.45) is 2.27. The summed E-state index contributed by atoms with van der Waals surface area (Å²) in [6, 6.07) is 15.7. The fraction of sp³-hybridized carbons (Fsp3) is 0.333. The van der Waals surface area contributed by atoms with Gasteiger partial charge in [0.25, 0.3) is 0 Å². The molecule has 116 valence electrons. The van der Waals surface area contributed by atoms with Crippen LogP contribution in [-0.4, -0.2) is 19.2 Å². The van der Waals surface area contributed by atoms with Crippen molar-refractivity contribution in [3.63, 3.8) is 0 Å². The average molecular weight is 298 g/mol. The molecule has 4 heteroatoms. The highest BCUT2D eigenvalue weighted by molar-refractivity contribution is 5.52. The van der Waals surface area contributed by atoms with Crippen molar-refractivity contribution in [3.05, 3.63) is 54.1 Å². The Morgan fingerprint density at radius 2 is 1.77 bits per heavy atom. The lowest BCUT2D eigenvalue weighted by molar-refractivity contribution is 0.153. The van der Waals surface area contributed by atoms with Crippen LogP contribution in [0.1, 0.15) is 18.4 Å². The van der Waals surface area contributed by atoms with E-state index in [2.05, 4.69) is 5.32 Å². The molecular formula is C18H22N2O2. The molecule has 0 saturated carbocycles. The number of anilines is 1. The molecule has 1 aliphatic heterocycles. The standard InChI is InChI=1S/C18H22N2O2/c19-15-6-7-17(22-16-8-10-20-11-9-16)18(12-15)21-13-14-4-2-1-3-5-14/h1-7,12,16,20H,8-11,13,19H2. The van der Waals surface area contributed by atoms with Crippen LogP contribution in [0.2, 0.25) is 0 Å². The number of piperidine rings is 1. The molecule has 4 nitrogen and oxygen atoms in total. The van der Waals surface area contributed by atoms with Gasteiger partial charge in [-0.05, 0) is 43.6 Å². The van der Waals surface area contributed by atoms with Crippen molar-refractivity contribution in [2.75, 3.05) is 18.8 Å². The molecule has 0 aliphatic carbocycles. The van der Waals surface area contributed by atoms with E-state index in [4.69, 9.17) is 15.2 Å². The van der Waals surface area contributed by atoms with E-state index in [0.717, 1.165) is 37.2 Å². The molecule has 2 aromatic rings. The molecule has 0 bridgehead atoms. The van der Waals surface area contributed by atoms with Gasteiger partial charge in [0, 0.05) is 11.8 Å². The van der Waals surface area contributed by atoms with Crippen LogP contribution in [0, 0.1) is 0 Å². The van der Waals surface area contributed by atoms with Crippen LogP contribution in [0.3, 0.4) is 0 Å². The molecule has 1 saturated heterocycles. The van der Waals surface area contributed by atoms with Crippen molar-refractivity contribution in [2.45, 2.75) is 25.6 Å². The van der Waals surface area contributed by atoms with E-state index >= 15 is 0 Å². The Morgan fingerprint density at radius 3 is 2.55 bits per heavy atom. The number of rotatable bonds is 5. The molecule has 0 radical (unpaired) electrons. The summed E-state index contributed by atoms with van der Waals surface area (Å²) in [5.41, 5.74) is 7.69. The van der Waals surface area contributed by atoms with E-state index in [9.17, 15) is 0 Å². The Bertz CT molecular complexity index is 595. The number of ether oxygens (including phenoxy) is 2. The Kier molecular flexibility index (Phi) is 4.81. The Morgan fingerprint density at radius 1 is 1.00 bits per heavy atom. The number of nitrogen functional groups attached to an aromatic ring is 1. The zero-order valence-corrected chi connectivity index (χ0v) is 12.6. The number of benzene rings is 2. The van der Waals surface area contributed by atoms with E-state index < -0.39 is 0 Å². The molecule has 3 N–H and O–H groups in total. The van der Waals surface area contributed by atoms with Crippen LogP contribution in [0.5, 0.6) is 11.5 Å². The van der Waals surface area contributed by atoms with Gasteiger partial charge in [-0.15, -0.1) is 0 Å². The summed E-state index contributed by atoms with van der Waals surface area (Å²) in [4.78, 5) is 0. The quantitative estimate of drug-likeness (QED) is 0.833. The average Bonchev–Trinajstić information content (AvgIpc) is 2.57. The summed E-state index contributed by atoms with van der Waals surface area (Å²) in [5, 5.41) is 3.34. The van der Waals surface area contributed by atoms with Crippen molar-refractivity contribution in [1.82, 2.24) is 5.32 Å². The van der Waals surface area contributed by atoms with Crippen molar-refractivity contribution < 1.29 is 9.47 Å². The highest BCUT2D eigenvalue weighted by Gasteiger charge is 2.17. The zero-order chi connectivity index (χ0) is 15.2. The van der Waals surface area contributed by atoms with Crippen molar-refractivity contribution >= 4 is 5.69 Å². The van der Waals surface area contributed by atoms with E-state index in [-0.39, 0.29) is 6.10 Å². The van der Waals surface area contributed by atoms with Crippen molar-refractivity contribution in [3.8, 4) is 11.5 Å². The van der Waals surface area contributed by atoms with E-state index in [0.29, 0.717) is 18.0 Å².